The summed E-state index contributed by atoms with van der Waals surface area (Å²) in [5.74, 6) is 0.771. The molecule has 1 aromatic carbocycles. The lowest BCUT2D eigenvalue weighted by atomic mass is 10.3. The normalized spacial score (nSPS) is 15.4. The van der Waals surface area contributed by atoms with E-state index in [1.165, 1.54) is 0 Å². The van der Waals surface area contributed by atoms with E-state index < -0.39 is 0 Å². The Morgan fingerprint density at radius 2 is 1.82 bits per heavy atom. The van der Waals surface area contributed by atoms with Crippen molar-refractivity contribution in [3.8, 4) is 5.69 Å². The maximum Gasteiger partial charge on any atom is 0.226 e. The second kappa shape index (κ2) is 5.55. The average Bonchev–Trinajstić information content (AvgIpc) is 2.99. The number of rotatable bonds is 2. The van der Waals surface area contributed by atoms with Gasteiger partial charge < -0.3 is 9.64 Å². The molecule has 0 saturated carbocycles. The van der Waals surface area contributed by atoms with Crippen molar-refractivity contribution >= 4 is 28.6 Å². The number of benzene rings is 1. The van der Waals surface area contributed by atoms with Crippen LogP contribution in [-0.2, 0) is 4.74 Å². The number of para-hydroxylation sites is 1. The molecule has 1 saturated heterocycles. The molecule has 0 unspecified atom stereocenters. The SMILES string of the molecule is Clc1nc(N2CCOCC2)c2ncn(-c3ccccc3)c2n1. The number of aromatic nitrogens is 4. The van der Waals surface area contributed by atoms with Gasteiger partial charge in [0.2, 0.25) is 5.28 Å². The third kappa shape index (κ3) is 2.30. The third-order valence-electron chi connectivity index (χ3n) is 3.70. The molecule has 0 spiro atoms. The molecule has 7 heteroatoms. The minimum Gasteiger partial charge on any atom is -0.378 e. The fraction of sp³-hybridized carbons (Fsp3) is 0.267. The first-order valence-electron chi connectivity index (χ1n) is 7.11. The molecular formula is C15H14ClN5O. The van der Waals surface area contributed by atoms with Crippen molar-refractivity contribution in [2.75, 3.05) is 31.2 Å². The van der Waals surface area contributed by atoms with Gasteiger partial charge in [0.05, 0.1) is 13.2 Å². The highest BCUT2D eigenvalue weighted by molar-refractivity contribution is 6.28. The predicted octanol–water partition coefficient (Wildman–Crippen LogP) is 2.31. The zero-order chi connectivity index (χ0) is 14.9. The topological polar surface area (TPSA) is 56.1 Å². The quantitative estimate of drug-likeness (QED) is 0.679. The summed E-state index contributed by atoms with van der Waals surface area (Å²) in [6, 6.07) is 9.94. The van der Waals surface area contributed by atoms with Gasteiger partial charge in [-0.05, 0) is 23.7 Å². The number of halogens is 1. The van der Waals surface area contributed by atoms with Gasteiger partial charge in [-0.25, -0.2) is 4.98 Å². The molecular weight excluding hydrogens is 302 g/mol. The molecule has 0 atom stereocenters. The van der Waals surface area contributed by atoms with E-state index in [0.29, 0.717) is 18.9 Å². The number of hydrogen-bond donors (Lipinski definition) is 0. The largest absolute Gasteiger partial charge is 0.378 e. The van der Waals surface area contributed by atoms with Gasteiger partial charge >= 0.3 is 0 Å². The van der Waals surface area contributed by atoms with Crippen LogP contribution < -0.4 is 4.90 Å². The molecule has 0 amide bonds. The first kappa shape index (κ1) is 13.5. The standard InChI is InChI=1S/C15H14ClN5O/c16-15-18-13(20-6-8-22-9-7-20)12-14(19-15)21(10-17-12)11-4-2-1-3-5-11/h1-5,10H,6-9H2. The van der Waals surface area contributed by atoms with Gasteiger partial charge in [-0.1, -0.05) is 18.2 Å². The van der Waals surface area contributed by atoms with E-state index in [1.807, 2.05) is 34.9 Å². The molecule has 22 heavy (non-hydrogen) atoms. The molecule has 3 heterocycles. The van der Waals surface area contributed by atoms with Crippen molar-refractivity contribution in [3.63, 3.8) is 0 Å². The molecule has 0 bridgehead atoms. The summed E-state index contributed by atoms with van der Waals surface area (Å²) in [5, 5.41) is 0.228. The second-order valence-electron chi connectivity index (χ2n) is 5.04. The molecule has 0 radical (unpaired) electrons. The van der Waals surface area contributed by atoms with Crippen molar-refractivity contribution in [2.24, 2.45) is 0 Å². The lowest BCUT2D eigenvalue weighted by Gasteiger charge is -2.27. The fourth-order valence-electron chi connectivity index (χ4n) is 2.63. The van der Waals surface area contributed by atoms with Crippen molar-refractivity contribution in [1.29, 1.82) is 0 Å². The van der Waals surface area contributed by atoms with Crippen LogP contribution in [0.25, 0.3) is 16.9 Å². The van der Waals surface area contributed by atoms with Crippen LogP contribution in [0.4, 0.5) is 5.82 Å². The van der Waals surface area contributed by atoms with E-state index in [-0.39, 0.29) is 5.28 Å². The van der Waals surface area contributed by atoms with Crippen LogP contribution in [0.3, 0.4) is 0 Å². The minimum atomic E-state index is 0.228. The number of ether oxygens (including phenoxy) is 1. The molecule has 1 fully saturated rings. The number of hydrogen-bond acceptors (Lipinski definition) is 5. The molecule has 1 aliphatic rings. The number of morpholine rings is 1. The van der Waals surface area contributed by atoms with Crippen LogP contribution in [0.5, 0.6) is 0 Å². The van der Waals surface area contributed by atoms with Gasteiger partial charge in [-0.15, -0.1) is 0 Å². The van der Waals surface area contributed by atoms with Crippen molar-refractivity contribution < 1.29 is 4.74 Å². The summed E-state index contributed by atoms with van der Waals surface area (Å²) in [6.07, 6.45) is 1.76. The highest BCUT2D eigenvalue weighted by Crippen LogP contribution is 2.26. The van der Waals surface area contributed by atoms with Crippen LogP contribution in [0.1, 0.15) is 0 Å². The zero-order valence-corrected chi connectivity index (χ0v) is 12.6. The number of fused-ring (bicyclic) bond motifs is 1. The summed E-state index contributed by atoms with van der Waals surface area (Å²) in [4.78, 5) is 15.4. The maximum absolute atomic E-state index is 6.14. The molecule has 1 aliphatic heterocycles. The highest BCUT2D eigenvalue weighted by atomic mass is 35.5. The van der Waals surface area contributed by atoms with Crippen molar-refractivity contribution in [2.45, 2.75) is 0 Å². The van der Waals surface area contributed by atoms with Crippen LogP contribution in [0, 0.1) is 0 Å². The van der Waals surface area contributed by atoms with E-state index in [0.717, 1.165) is 30.1 Å². The Labute approximate surface area is 132 Å². The Hall–Kier alpha value is -2.18. The van der Waals surface area contributed by atoms with Crippen LogP contribution in [0.15, 0.2) is 36.7 Å². The smallest absolute Gasteiger partial charge is 0.226 e. The Balaban J connectivity index is 1.87. The van der Waals surface area contributed by atoms with E-state index in [4.69, 9.17) is 16.3 Å². The third-order valence-corrected chi connectivity index (χ3v) is 3.86. The van der Waals surface area contributed by atoms with E-state index in [2.05, 4.69) is 19.9 Å². The van der Waals surface area contributed by atoms with Gasteiger partial charge in [0.15, 0.2) is 17.0 Å². The first-order chi connectivity index (χ1) is 10.8. The molecule has 4 rings (SSSR count). The number of nitrogens with zero attached hydrogens (tertiary/aromatic N) is 5. The Morgan fingerprint density at radius 1 is 1.05 bits per heavy atom. The summed E-state index contributed by atoms with van der Waals surface area (Å²) < 4.78 is 7.32. The van der Waals surface area contributed by atoms with Crippen molar-refractivity contribution in [1.82, 2.24) is 19.5 Å². The number of imidazole rings is 1. The molecule has 112 valence electrons. The second-order valence-corrected chi connectivity index (χ2v) is 5.38. The Bertz CT molecular complexity index is 798. The molecule has 6 nitrogen and oxygen atoms in total. The van der Waals surface area contributed by atoms with E-state index >= 15 is 0 Å². The minimum absolute atomic E-state index is 0.228. The van der Waals surface area contributed by atoms with Gasteiger partial charge in [0, 0.05) is 18.8 Å². The van der Waals surface area contributed by atoms with Gasteiger partial charge in [0.1, 0.15) is 6.33 Å². The molecule has 0 N–H and O–H groups in total. The molecule has 0 aliphatic carbocycles. The van der Waals surface area contributed by atoms with Crippen molar-refractivity contribution in [3.05, 3.63) is 41.9 Å². The summed E-state index contributed by atoms with van der Waals surface area (Å²) in [7, 11) is 0. The zero-order valence-electron chi connectivity index (χ0n) is 11.8. The average molecular weight is 316 g/mol. The Kier molecular flexibility index (Phi) is 3.40. The fourth-order valence-corrected chi connectivity index (χ4v) is 2.79. The lowest BCUT2D eigenvalue weighted by molar-refractivity contribution is 0.122. The molecule has 2 aromatic heterocycles. The van der Waals surface area contributed by atoms with Gasteiger partial charge in [-0.3, -0.25) is 4.57 Å². The Morgan fingerprint density at radius 3 is 2.59 bits per heavy atom. The lowest BCUT2D eigenvalue weighted by Crippen LogP contribution is -2.37. The van der Waals surface area contributed by atoms with E-state index in [9.17, 15) is 0 Å². The molecule has 3 aromatic rings. The van der Waals surface area contributed by atoms with Crippen LogP contribution in [-0.4, -0.2) is 45.8 Å². The monoisotopic (exact) mass is 315 g/mol. The van der Waals surface area contributed by atoms with Crippen LogP contribution in [0.2, 0.25) is 5.28 Å². The van der Waals surface area contributed by atoms with Crippen LogP contribution >= 0.6 is 11.6 Å². The first-order valence-corrected chi connectivity index (χ1v) is 7.49. The van der Waals surface area contributed by atoms with Gasteiger partial charge in [0.25, 0.3) is 0 Å². The summed E-state index contributed by atoms with van der Waals surface area (Å²) in [5.41, 5.74) is 2.47. The van der Waals surface area contributed by atoms with Gasteiger partial charge in [-0.2, -0.15) is 9.97 Å². The predicted molar refractivity (Wildman–Crippen MR) is 84.7 cm³/mol. The summed E-state index contributed by atoms with van der Waals surface area (Å²) in [6.45, 7) is 2.92. The summed E-state index contributed by atoms with van der Waals surface area (Å²) >= 11 is 6.14. The maximum atomic E-state index is 6.14. The van der Waals surface area contributed by atoms with E-state index in [1.54, 1.807) is 6.33 Å². The highest BCUT2D eigenvalue weighted by Gasteiger charge is 2.20. The number of anilines is 1.